The molecular weight excluding hydrogens is 244 g/mol. The summed E-state index contributed by atoms with van der Waals surface area (Å²) in [5.41, 5.74) is 4.53. The van der Waals surface area contributed by atoms with Gasteiger partial charge in [0.2, 0.25) is 0 Å². The average molecular weight is 274 g/mol. The highest BCUT2D eigenvalue weighted by Gasteiger charge is 2.25. The van der Waals surface area contributed by atoms with Crippen molar-refractivity contribution in [3.05, 3.63) is 35.9 Å². The first-order valence-electron chi connectivity index (χ1n) is 8.33. The molecule has 1 fully saturated rings. The molecule has 2 nitrogen and oxygen atoms in total. The first-order valence-corrected chi connectivity index (χ1v) is 8.33. The molecule has 0 radical (unpaired) electrons. The molecule has 1 saturated carbocycles. The van der Waals surface area contributed by atoms with E-state index in [0.717, 1.165) is 11.8 Å². The van der Waals surface area contributed by atoms with Crippen molar-refractivity contribution in [1.29, 1.82) is 0 Å². The minimum Gasteiger partial charge on any atom is -0.271 e. The number of hydrazine groups is 1. The Morgan fingerprint density at radius 3 is 2.45 bits per heavy atom. The third-order valence-electron chi connectivity index (χ3n) is 5.08. The Kier molecular flexibility index (Phi) is 6.55. The zero-order valence-corrected chi connectivity index (χ0v) is 12.9. The highest BCUT2D eigenvalue weighted by molar-refractivity contribution is 5.14. The first kappa shape index (κ1) is 15.5. The fourth-order valence-electron chi connectivity index (χ4n) is 3.62. The lowest BCUT2D eigenvalue weighted by Gasteiger charge is -2.33. The zero-order chi connectivity index (χ0) is 14.2. The molecule has 1 unspecified atom stereocenters. The predicted octanol–water partition coefficient (Wildman–Crippen LogP) is 4.06. The van der Waals surface area contributed by atoms with Gasteiger partial charge < -0.3 is 0 Å². The maximum atomic E-state index is 5.80. The summed E-state index contributed by atoms with van der Waals surface area (Å²) >= 11 is 0. The molecule has 1 aliphatic carbocycles. The van der Waals surface area contributed by atoms with Crippen LogP contribution in [0.3, 0.4) is 0 Å². The van der Waals surface area contributed by atoms with Gasteiger partial charge in [-0.05, 0) is 49.5 Å². The number of hydrogen-bond donors (Lipinski definition) is 2. The van der Waals surface area contributed by atoms with Crippen LogP contribution in [-0.4, -0.2) is 6.04 Å². The van der Waals surface area contributed by atoms with Gasteiger partial charge in [-0.3, -0.25) is 11.3 Å². The Labute approximate surface area is 124 Å². The van der Waals surface area contributed by atoms with Gasteiger partial charge in [-0.25, -0.2) is 0 Å². The Hall–Kier alpha value is -0.860. The van der Waals surface area contributed by atoms with Gasteiger partial charge in [0.05, 0.1) is 0 Å². The largest absolute Gasteiger partial charge is 0.271 e. The molecule has 112 valence electrons. The van der Waals surface area contributed by atoms with Gasteiger partial charge in [0.25, 0.3) is 0 Å². The van der Waals surface area contributed by atoms with Crippen LogP contribution in [0.2, 0.25) is 0 Å². The van der Waals surface area contributed by atoms with Crippen molar-refractivity contribution in [2.45, 2.75) is 64.3 Å². The van der Waals surface area contributed by atoms with Gasteiger partial charge in [-0.1, -0.05) is 56.5 Å². The summed E-state index contributed by atoms with van der Waals surface area (Å²) in [6.07, 6.45) is 10.5. The van der Waals surface area contributed by atoms with E-state index in [1.165, 1.54) is 56.9 Å². The lowest BCUT2D eigenvalue weighted by molar-refractivity contribution is 0.210. The second-order valence-corrected chi connectivity index (χ2v) is 6.34. The predicted molar refractivity (Wildman–Crippen MR) is 86.2 cm³/mol. The number of nitrogens with two attached hydrogens (primary N) is 1. The van der Waals surface area contributed by atoms with Gasteiger partial charge in [-0.15, -0.1) is 0 Å². The summed E-state index contributed by atoms with van der Waals surface area (Å²) in [5.74, 6) is 7.56. The standard InChI is InChI=1S/C18H30N2/c1-2-15-11-13-17(14-12-15)18(20-19)10-6-9-16-7-4-3-5-8-16/h3-5,7-8,15,17-18,20H,2,6,9-14,19H2,1H3. The summed E-state index contributed by atoms with van der Waals surface area (Å²) in [7, 11) is 0. The maximum absolute atomic E-state index is 5.80. The fourth-order valence-corrected chi connectivity index (χ4v) is 3.62. The number of benzene rings is 1. The van der Waals surface area contributed by atoms with Crippen molar-refractivity contribution >= 4 is 0 Å². The van der Waals surface area contributed by atoms with E-state index in [9.17, 15) is 0 Å². The van der Waals surface area contributed by atoms with Crippen LogP contribution in [0.5, 0.6) is 0 Å². The van der Waals surface area contributed by atoms with Crippen molar-refractivity contribution in [2.24, 2.45) is 17.7 Å². The average Bonchev–Trinajstić information content (AvgIpc) is 2.53. The van der Waals surface area contributed by atoms with Crippen molar-refractivity contribution in [2.75, 3.05) is 0 Å². The SMILES string of the molecule is CCC1CCC(C(CCCc2ccccc2)NN)CC1. The molecule has 1 aromatic rings. The summed E-state index contributed by atoms with van der Waals surface area (Å²) in [6, 6.07) is 11.3. The van der Waals surface area contributed by atoms with E-state index in [1.807, 2.05) is 0 Å². The van der Waals surface area contributed by atoms with Crippen LogP contribution >= 0.6 is 0 Å². The van der Waals surface area contributed by atoms with E-state index in [-0.39, 0.29) is 0 Å². The van der Waals surface area contributed by atoms with E-state index >= 15 is 0 Å². The van der Waals surface area contributed by atoms with E-state index in [4.69, 9.17) is 5.84 Å². The summed E-state index contributed by atoms with van der Waals surface area (Å²) in [5, 5.41) is 0. The third kappa shape index (κ3) is 4.60. The molecule has 0 aromatic heterocycles. The van der Waals surface area contributed by atoms with Gasteiger partial charge >= 0.3 is 0 Å². The van der Waals surface area contributed by atoms with Crippen molar-refractivity contribution in [3.8, 4) is 0 Å². The Bertz CT molecular complexity index is 355. The topological polar surface area (TPSA) is 38.0 Å². The molecule has 0 heterocycles. The molecule has 0 amide bonds. The highest BCUT2D eigenvalue weighted by atomic mass is 15.2. The van der Waals surface area contributed by atoms with Gasteiger partial charge in [-0.2, -0.15) is 0 Å². The van der Waals surface area contributed by atoms with Crippen LogP contribution in [-0.2, 0) is 6.42 Å². The summed E-state index contributed by atoms with van der Waals surface area (Å²) < 4.78 is 0. The van der Waals surface area contributed by atoms with Gasteiger partial charge in [0.1, 0.15) is 0 Å². The molecule has 0 bridgehead atoms. The van der Waals surface area contributed by atoms with E-state index in [1.54, 1.807) is 0 Å². The normalized spacial score (nSPS) is 24.5. The molecule has 0 spiro atoms. The van der Waals surface area contributed by atoms with Crippen LogP contribution in [0.4, 0.5) is 0 Å². The molecule has 1 atom stereocenters. The third-order valence-corrected chi connectivity index (χ3v) is 5.08. The molecule has 1 aromatic carbocycles. The second kappa shape index (κ2) is 8.43. The first-order chi connectivity index (χ1) is 9.83. The molecule has 2 heteroatoms. The smallest absolute Gasteiger partial charge is 0.0238 e. The van der Waals surface area contributed by atoms with Crippen LogP contribution in [0, 0.1) is 11.8 Å². The Morgan fingerprint density at radius 2 is 1.85 bits per heavy atom. The number of nitrogens with one attached hydrogen (secondary N) is 1. The van der Waals surface area contributed by atoms with Crippen LogP contribution < -0.4 is 11.3 Å². The number of aryl methyl sites for hydroxylation is 1. The zero-order valence-electron chi connectivity index (χ0n) is 12.9. The highest BCUT2D eigenvalue weighted by Crippen LogP contribution is 2.33. The van der Waals surface area contributed by atoms with Crippen LogP contribution in [0.15, 0.2) is 30.3 Å². The van der Waals surface area contributed by atoms with Gasteiger partial charge in [0, 0.05) is 6.04 Å². The molecule has 0 aliphatic heterocycles. The van der Waals surface area contributed by atoms with Gasteiger partial charge in [0.15, 0.2) is 0 Å². The second-order valence-electron chi connectivity index (χ2n) is 6.34. The Morgan fingerprint density at radius 1 is 1.15 bits per heavy atom. The molecule has 3 N–H and O–H groups in total. The lowest BCUT2D eigenvalue weighted by Crippen LogP contribution is -2.42. The van der Waals surface area contributed by atoms with E-state index in [2.05, 4.69) is 42.7 Å². The molecule has 1 aliphatic rings. The quantitative estimate of drug-likeness (QED) is 0.581. The monoisotopic (exact) mass is 274 g/mol. The molecule has 20 heavy (non-hydrogen) atoms. The minimum absolute atomic E-state index is 0.511. The molecule has 0 saturated heterocycles. The summed E-state index contributed by atoms with van der Waals surface area (Å²) in [4.78, 5) is 0. The number of hydrogen-bond acceptors (Lipinski definition) is 2. The van der Waals surface area contributed by atoms with E-state index in [0.29, 0.717) is 6.04 Å². The van der Waals surface area contributed by atoms with Crippen molar-refractivity contribution in [3.63, 3.8) is 0 Å². The van der Waals surface area contributed by atoms with Crippen LogP contribution in [0.25, 0.3) is 0 Å². The van der Waals surface area contributed by atoms with E-state index < -0.39 is 0 Å². The number of rotatable bonds is 7. The molecular formula is C18H30N2. The minimum atomic E-state index is 0.511. The maximum Gasteiger partial charge on any atom is 0.0238 e. The van der Waals surface area contributed by atoms with Crippen LogP contribution in [0.1, 0.15) is 57.4 Å². The summed E-state index contributed by atoms with van der Waals surface area (Å²) in [6.45, 7) is 2.32. The Balaban J connectivity index is 1.72. The van der Waals surface area contributed by atoms with Crippen molar-refractivity contribution in [1.82, 2.24) is 5.43 Å². The fraction of sp³-hybridized carbons (Fsp3) is 0.667. The van der Waals surface area contributed by atoms with Crippen molar-refractivity contribution < 1.29 is 0 Å². The molecule has 2 rings (SSSR count). The lowest BCUT2D eigenvalue weighted by atomic mass is 9.76.